The lowest BCUT2D eigenvalue weighted by Crippen LogP contribution is -2.26. The van der Waals surface area contributed by atoms with Crippen molar-refractivity contribution in [3.8, 4) is 0 Å². The molecule has 1 aromatic carbocycles. The van der Waals surface area contributed by atoms with E-state index in [2.05, 4.69) is 0 Å². The molecule has 1 N–H and O–H groups in total. The Labute approximate surface area is 90.9 Å². The van der Waals surface area contributed by atoms with Crippen LogP contribution in [-0.4, -0.2) is 17.8 Å². The molecule has 0 aromatic heterocycles. The minimum Gasteiger partial charge on any atom is -0.386 e. The molecule has 0 amide bonds. The Kier molecular flexibility index (Phi) is 3.39. The van der Waals surface area contributed by atoms with Gasteiger partial charge < -0.3 is 9.84 Å². The molecule has 0 radical (unpaired) electrons. The van der Waals surface area contributed by atoms with E-state index in [0.717, 1.165) is 37.0 Å². The van der Waals surface area contributed by atoms with Crippen LogP contribution in [0, 0.1) is 6.92 Å². The van der Waals surface area contributed by atoms with Crippen LogP contribution in [0.2, 0.25) is 0 Å². The van der Waals surface area contributed by atoms with Crippen molar-refractivity contribution in [2.45, 2.75) is 38.4 Å². The zero-order valence-corrected chi connectivity index (χ0v) is 9.15. The molecule has 2 atom stereocenters. The molecule has 2 unspecified atom stereocenters. The van der Waals surface area contributed by atoms with E-state index in [-0.39, 0.29) is 6.10 Å². The number of rotatable bonds is 2. The number of hydrogen-bond acceptors (Lipinski definition) is 2. The Morgan fingerprint density at radius 2 is 2.13 bits per heavy atom. The summed E-state index contributed by atoms with van der Waals surface area (Å²) in [5, 5.41) is 10.2. The predicted octanol–water partition coefficient (Wildman–Crippen LogP) is 2.60. The summed E-state index contributed by atoms with van der Waals surface area (Å²) in [6, 6.07) is 7.97. The second kappa shape index (κ2) is 4.77. The minimum atomic E-state index is -0.466. The molecule has 15 heavy (non-hydrogen) atoms. The van der Waals surface area contributed by atoms with Crippen LogP contribution in [0.4, 0.5) is 0 Å². The number of hydrogen-bond donors (Lipinski definition) is 1. The van der Waals surface area contributed by atoms with Gasteiger partial charge in [-0.3, -0.25) is 0 Å². The van der Waals surface area contributed by atoms with Gasteiger partial charge >= 0.3 is 0 Å². The van der Waals surface area contributed by atoms with Crippen molar-refractivity contribution in [3.05, 3.63) is 35.4 Å². The van der Waals surface area contributed by atoms with Crippen molar-refractivity contribution in [1.82, 2.24) is 0 Å². The quantitative estimate of drug-likeness (QED) is 0.806. The van der Waals surface area contributed by atoms with Crippen LogP contribution in [-0.2, 0) is 4.74 Å². The van der Waals surface area contributed by atoms with Crippen LogP contribution in [0.15, 0.2) is 24.3 Å². The summed E-state index contributed by atoms with van der Waals surface area (Å²) in [6.45, 7) is 2.81. The van der Waals surface area contributed by atoms with E-state index < -0.39 is 6.10 Å². The summed E-state index contributed by atoms with van der Waals surface area (Å²) in [4.78, 5) is 0. The molecule has 2 nitrogen and oxygen atoms in total. The molecule has 1 fully saturated rings. The van der Waals surface area contributed by atoms with Crippen LogP contribution < -0.4 is 0 Å². The van der Waals surface area contributed by atoms with E-state index in [4.69, 9.17) is 4.74 Å². The zero-order chi connectivity index (χ0) is 10.7. The van der Waals surface area contributed by atoms with Gasteiger partial charge in [0, 0.05) is 6.61 Å². The Morgan fingerprint density at radius 1 is 1.33 bits per heavy atom. The molecule has 1 aliphatic rings. The van der Waals surface area contributed by atoms with Crippen molar-refractivity contribution < 1.29 is 9.84 Å². The molecule has 1 aromatic rings. The Balaban J connectivity index is 2.12. The van der Waals surface area contributed by atoms with Crippen LogP contribution in [0.1, 0.15) is 36.5 Å². The van der Waals surface area contributed by atoms with Gasteiger partial charge in [-0.1, -0.05) is 24.3 Å². The lowest BCUT2D eigenvalue weighted by molar-refractivity contribution is -0.0635. The van der Waals surface area contributed by atoms with Crippen LogP contribution >= 0.6 is 0 Å². The zero-order valence-electron chi connectivity index (χ0n) is 9.15. The Bertz CT molecular complexity index is 316. The van der Waals surface area contributed by atoms with Gasteiger partial charge in [-0.15, -0.1) is 0 Å². The summed E-state index contributed by atoms with van der Waals surface area (Å²) >= 11 is 0. The summed E-state index contributed by atoms with van der Waals surface area (Å²) in [7, 11) is 0. The highest BCUT2D eigenvalue weighted by Crippen LogP contribution is 2.27. The molecule has 2 rings (SSSR count). The summed E-state index contributed by atoms with van der Waals surface area (Å²) in [5.74, 6) is 0. The highest BCUT2D eigenvalue weighted by molar-refractivity contribution is 5.28. The first-order valence-electron chi connectivity index (χ1n) is 5.64. The Morgan fingerprint density at radius 3 is 2.80 bits per heavy atom. The van der Waals surface area contributed by atoms with Gasteiger partial charge in [0.05, 0.1) is 6.10 Å². The second-order valence-corrected chi connectivity index (χ2v) is 4.21. The maximum Gasteiger partial charge on any atom is 0.105 e. The third-order valence-electron chi connectivity index (χ3n) is 3.07. The van der Waals surface area contributed by atoms with Crippen LogP contribution in [0.5, 0.6) is 0 Å². The fourth-order valence-corrected chi connectivity index (χ4v) is 2.13. The SMILES string of the molecule is Cc1ccccc1C(O)C1CCCCO1. The van der Waals surface area contributed by atoms with Crippen LogP contribution in [0.25, 0.3) is 0 Å². The Hall–Kier alpha value is -0.860. The van der Waals surface area contributed by atoms with Crippen molar-refractivity contribution in [1.29, 1.82) is 0 Å². The van der Waals surface area contributed by atoms with E-state index in [1.54, 1.807) is 0 Å². The third kappa shape index (κ3) is 2.39. The molecule has 0 bridgehead atoms. The molecule has 0 saturated carbocycles. The van der Waals surface area contributed by atoms with Gasteiger partial charge in [0.25, 0.3) is 0 Å². The number of aliphatic hydroxyl groups excluding tert-OH is 1. The number of benzene rings is 1. The average Bonchev–Trinajstić information content (AvgIpc) is 2.30. The largest absolute Gasteiger partial charge is 0.386 e. The summed E-state index contributed by atoms with van der Waals surface area (Å²) in [6.07, 6.45) is 2.77. The number of aryl methyl sites for hydroxylation is 1. The fraction of sp³-hybridized carbons (Fsp3) is 0.538. The lowest BCUT2D eigenvalue weighted by Gasteiger charge is -2.28. The second-order valence-electron chi connectivity index (χ2n) is 4.21. The first-order valence-corrected chi connectivity index (χ1v) is 5.64. The van der Waals surface area contributed by atoms with Gasteiger partial charge in [-0.25, -0.2) is 0 Å². The molecule has 0 aliphatic carbocycles. The number of ether oxygens (including phenoxy) is 1. The van der Waals surface area contributed by atoms with E-state index >= 15 is 0 Å². The molecular weight excluding hydrogens is 188 g/mol. The van der Waals surface area contributed by atoms with Crippen molar-refractivity contribution in [2.24, 2.45) is 0 Å². The van der Waals surface area contributed by atoms with E-state index in [1.165, 1.54) is 0 Å². The summed E-state index contributed by atoms with van der Waals surface area (Å²) < 4.78 is 5.60. The monoisotopic (exact) mass is 206 g/mol. The highest BCUT2D eigenvalue weighted by Gasteiger charge is 2.24. The van der Waals surface area contributed by atoms with Crippen molar-refractivity contribution in [3.63, 3.8) is 0 Å². The van der Waals surface area contributed by atoms with Gasteiger partial charge in [0.1, 0.15) is 6.10 Å². The molecular formula is C13H18O2. The number of aliphatic hydroxyl groups is 1. The lowest BCUT2D eigenvalue weighted by atomic mass is 9.95. The van der Waals surface area contributed by atoms with Crippen molar-refractivity contribution in [2.75, 3.05) is 6.61 Å². The van der Waals surface area contributed by atoms with Crippen LogP contribution in [0.3, 0.4) is 0 Å². The molecule has 1 saturated heterocycles. The predicted molar refractivity (Wildman–Crippen MR) is 59.7 cm³/mol. The molecule has 1 heterocycles. The normalized spacial score (nSPS) is 23.7. The molecule has 82 valence electrons. The van der Waals surface area contributed by atoms with Gasteiger partial charge in [-0.05, 0) is 37.3 Å². The smallest absolute Gasteiger partial charge is 0.105 e. The highest BCUT2D eigenvalue weighted by atomic mass is 16.5. The maximum absolute atomic E-state index is 10.2. The third-order valence-corrected chi connectivity index (χ3v) is 3.07. The van der Waals surface area contributed by atoms with Gasteiger partial charge in [0.15, 0.2) is 0 Å². The van der Waals surface area contributed by atoms with E-state index in [0.29, 0.717) is 0 Å². The van der Waals surface area contributed by atoms with E-state index in [1.807, 2.05) is 31.2 Å². The first-order chi connectivity index (χ1) is 7.29. The molecule has 1 aliphatic heterocycles. The summed E-state index contributed by atoms with van der Waals surface area (Å²) in [5.41, 5.74) is 2.14. The van der Waals surface area contributed by atoms with Gasteiger partial charge in [0.2, 0.25) is 0 Å². The standard InChI is InChI=1S/C13H18O2/c1-10-6-2-3-7-11(10)13(14)12-8-4-5-9-15-12/h2-3,6-7,12-14H,4-5,8-9H2,1H3. The minimum absolute atomic E-state index is 0.0140. The first kappa shape index (κ1) is 10.7. The van der Waals surface area contributed by atoms with E-state index in [9.17, 15) is 5.11 Å². The van der Waals surface area contributed by atoms with Crippen molar-refractivity contribution >= 4 is 0 Å². The molecule has 2 heteroatoms. The maximum atomic E-state index is 10.2. The fourth-order valence-electron chi connectivity index (χ4n) is 2.13. The molecule has 0 spiro atoms. The average molecular weight is 206 g/mol. The topological polar surface area (TPSA) is 29.5 Å². The van der Waals surface area contributed by atoms with Gasteiger partial charge in [-0.2, -0.15) is 0 Å².